The molecule has 2 aromatic carbocycles. The van der Waals surface area contributed by atoms with E-state index in [9.17, 15) is 4.79 Å². The summed E-state index contributed by atoms with van der Waals surface area (Å²) in [5, 5.41) is 4.39. The Kier molecular flexibility index (Phi) is 5.29. The van der Waals surface area contributed by atoms with Gasteiger partial charge in [0.25, 0.3) is 0 Å². The summed E-state index contributed by atoms with van der Waals surface area (Å²) < 4.78 is 0. The zero-order valence-corrected chi connectivity index (χ0v) is 13.4. The Hall–Kier alpha value is -1.48. The summed E-state index contributed by atoms with van der Waals surface area (Å²) in [6.45, 7) is 1.89. The minimum atomic E-state index is -0.258. The van der Waals surface area contributed by atoms with Gasteiger partial charge >= 0.3 is 0 Å². The Labute approximate surface area is 138 Å². The Morgan fingerprint density at radius 2 is 1.71 bits per heavy atom. The first kappa shape index (κ1) is 15.9. The van der Waals surface area contributed by atoms with E-state index in [0.29, 0.717) is 20.8 Å². The van der Waals surface area contributed by atoms with E-state index in [1.165, 1.54) is 6.08 Å². The summed E-state index contributed by atoms with van der Waals surface area (Å²) >= 11 is 17.8. The number of benzene rings is 2. The molecule has 0 saturated heterocycles. The minimum absolute atomic E-state index is 0.258. The van der Waals surface area contributed by atoms with E-state index in [1.54, 1.807) is 36.4 Å². The molecule has 1 N–H and O–H groups in total. The van der Waals surface area contributed by atoms with E-state index < -0.39 is 0 Å². The first-order chi connectivity index (χ1) is 9.95. The van der Waals surface area contributed by atoms with Crippen molar-refractivity contribution in [1.29, 1.82) is 0 Å². The monoisotopic (exact) mass is 339 g/mol. The molecule has 21 heavy (non-hydrogen) atoms. The lowest BCUT2D eigenvalue weighted by atomic mass is 10.2. The van der Waals surface area contributed by atoms with Crippen LogP contribution in [-0.4, -0.2) is 5.91 Å². The Morgan fingerprint density at radius 3 is 2.43 bits per heavy atom. The zero-order valence-electron chi connectivity index (χ0n) is 11.2. The van der Waals surface area contributed by atoms with Crippen LogP contribution in [0.1, 0.15) is 11.1 Å². The molecule has 2 nitrogen and oxygen atoms in total. The minimum Gasteiger partial charge on any atom is -0.322 e. The average molecular weight is 341 g/mol. The molecule has 0 heterocycles. The van der Waals surface area contributed by atoms with E-state index >= 15 is 0 Å². The summed E-state index contributed by atoms with van der Waals surface area (Å²) in [5.41, 5.74) is 2.34. The normalized spacial score (nSPS) is 10.9. The van der Waals surface area contributed by atoms with Gasteiger partial charge in [0.15, 0.2) is 0 Å². The number of hydrogen-bond acceptors (Lipinski definition) is 1. The van der Waals surface area contributed by atoms with Gasteiger partial charge in [-0.15, -0.1) is 0 Å². The van der Waals surface area contributed by atoms with Crippen LogP contribution < -0.4 is 5.32 Å². The van der Waals surface area contributed by atoms with Crippen molar-refractivity contribution >= 4 is 52.5 Å². The summed E-state index contributed by atoms with van der Waals surface area (Å²) in [5.74, 6) is -0.258. The molecule has 0 aliphatic rings. The van der Waals surface area contributed by atoms with E-state index in [4.69, 9.17) is 34.8 Å². The van der Waals surface area contributed by atoms with E-state index in [2.05, 4.69) is 5.32 Å². The van der Waals surface area contributed by atoms with Gasteiger partial charge in [0.2, 0.25) is 5.91 Å². The number of anilines is 1. The van der Waals surface area contributed by atoms with Crippen LogP contribution in [0.4, 0.5) is 5.69 Å². The fourth-order valence-corrected chi connectivity index (χ4v) is 2.35. The average Bonchev–Trinajstić information content (AvgIpc) is 2.42. The van der Waals surface area contributed by atoms with Gasteiger partial charge in [0.1, 0.15) is 0 Å². The van der Waals surface area contributed by atoms with Gasteiger partial charge in [0, 0.05) is 26.8 Å². The molecule has 0 radical (unpaired) electrons. The number of rotatable bonds is 3. The molecule has 0 unspecified atom stereocenters. The van der Waals surface area contributed by atoms with Crippen LogP contribution in [-0.2, 0) is 4.79 Å². The third kappa shape index (κ3) is 4.50. The van der Waals surface area contributed by atoms with Crippen molar-refractivity contribution in [2.45, 2.75) is 6.92 Å². The van der Waals surface area contributed by atoms with Crippen LogP contribution in [0, 0.1) is 6.92 Å². The van der Waals surface area contributed by atoms with E-state index in [1.807, 2.05) is 13.0 Å². The molecule has 0 spiro atoms. The van der Waals surface area contributed by atoms with Crippen LogP contribution in [0.2, 0.25) is 15.1 Å². The highest BCUT2D eigenvalue weighted by Gasteiger charge is 2.03. The third-order valence-electron chi connectivity index (χ3n) is 2.83. The van der Waals surface area contributed by atoms with Crippen LogP contribution >= 0.6 is 34.8 Å². The van der Waals surface area contributed by atoms with Crippen molar-refractivity contribution in [2.24, 2.45) is 0 Å². The van der Waals surface area contributed by atoms with Crippen LogP contribution in [0.25, 0.3) is 6.08 Å². The predicted octanol–water partition coefficient (Wildman–Crippen LogP) is 5.61. The van der Waals surface area contributed by atoms with E-state index in [0.717, 1.165) is 11.1 Å². The number of halogens is 3. The standard InChI is InChI=1S/C16H12Cl3NO/c1-10-2-5-13(18)9-15(10)20-16(21)7-4-11-3-6-12(17)8-14(11)19/h2-9H,1H3,(H,20,21)/b7-4+. The maximum atomic E-state index is 11.9. The number of amides is 1. The molecule has 2 aromatic rings. The molecule has 2 rings (SSSR count). The van der Waals surface area contributed by atoms with Gasteiger partial charge in [-0.05, 0) is 48.4 Å². The van der Waals surface area contributed by atoms with Crippen molar-refractivity contribution in [1.82, 2.24) is 0 Å². The number of aryl methyl sites for hydroxylation is 1. The first-order valence-corrected chi connectivity index (χ1v) is 7.29. The fourth-order valence-electron chi connectivity index (χ4n) is 1.71. The van der Waals surface area contributed by atoms with Crippen molar-refractivity contribution < 1.29 is 4.79 Å². The summed E-state index contributed by atoms with van der Waals surface area (Å²) in [6, 6.07) is 10.4. The molecule has 1 amide bonds. The number of carbonyl (C=O) groups is 1. The molecule has 0 aromatic heterocycles. The predicted molar refractivity (Wildman–Crippen MR) is 90.3 cm³/mol. The topological polar surface area (TPSA) is 29.1 Å². The lowest BCUT2D eigenvalue weighted by Crippen LogP contribution is -2.08. The van der Waals surface area contributed by atoms with Gasteiger partial charge in [0.05, 0.1) is 0 Å². The highest BCUT2D eigenvalue weighted by atomic mass is 35.5. The summed E-state index contributed by atoms with van der Waals surface area (Å²) in [4.78, 5) is 11.9. The molecule has 0 atom stereocenters. The molecule has 5 heteroatoms. The molecule has 0 fully saturated rings. The Morgan fingerprint density at radius 1 is 1.05 bits per heavy atom. The molecule has 0 saturated carbocycles. The molecular weight excluding hydrogens is 329 g/mol. The lowest BCUT2D eigenvalue weighted by Gasteiger charge is -2.06. The quantitative estimate of drug-likeness (QED) is 0.723. The van der Waals surface area contributed by atoms with Crippen LogP contribution in [0.3, 0.4) is 0 Å². The van der Waals surface area contributed by atoms with Crippen LogP contribution in [0.5, 0.6) is 0 Å². The van der Waals surface area contributed by atoms with Gasteiger partial charge < -0.3 is 5.32 Å². The van der Waals surface area contributed by atoms with E-state index in [-0.39, 0.29) is 5.91 Å². The lowest BCUT2D eigenvalue weighted by molar-refractivity contribution is -0.111. The smallest absolute Gasteiger partial charge is 0.248 e. The molecular formula is C16H12Cl3NO. The van der Waals surface area contributed by atoms with Gasteiger partial charge in [-0.3, -0.25) is 4.79 Å². The largest absolute Gasteiger partial charge is 0.322 e. The maximum Gasteiger partial charge on any atom is 0.248 e. The Bertz CT molecular complexity index is 711. The number of hydrogen-bond donors (Lipinski definition) is 1. The van der Waals surface area contributed by atoms with Gasteiger partial charge in [-0.2, -0.15) is 0 Å². The third-order valence-corrected chi connectivity index (χ3v) is 3.63. The zero-order chi connectivity index (χ0) is 15.4. The van der Waals surface area contributed by atoms with Crippen LogP contribution in [0.15, 0.2) is 42.5 Å². The maximum absolute atomic E-state index is 11.9. The molecule has 0 aliphatic carbocycles. The highest BCUT2D eigenvalue weighted by molar-refractivity contribution is 6.35. The summed E-state index contributed by atoms with van der Waals surface area (Å²) in [6.07, 6.45) is 3.04. The van der Waals surface area contributed by atoms with Crippen molar-refractivity contribution in [3.8, 4) is 0 Å². The second kappa shape index (κ2) is 6.99. The van der Waals surface area contributed by atoms with Crippen molar-refractivity contribution in [3.05, 3.63) is 68.7 Å². The SMILES string of the molecule is Cc1ccc(Cl)cc1NC(=O)/C=C/c1ccc(Cl)cc1Cl. The van der Waals surface area contributed by atoms with Gasteiger partial charge in [-0.1, -0.05) is 46.9 Å². The fraction of sp³-hybridized carbons (Fsp3) is 0.0625. The first-order valence-electron chi connectivity index (χ1n) is 6.16. The molecule has 0 aliphatic heterocycles. The summed E-state index contributed by atoms with van der Waals surface area (Å²) in [7, 11) is 0. The second-order valence-corrected chi connectivity index (χ2v) is 5.73. The van der Waals surface area contributed by atoms with Crippen molar-refractivity contribution in [3.63, 3.8) is 0 Å². The number of carbonyl (C=O) groups excluding carboxylic acids is 1. The molecule has 108 valence electrons. The van der Waals surface area contributed by atoms with Crippen molar-refractivity contribution in [2.75, 3.05) is 5.32 Å². The second-order valence-electron chi connectivity index (χ2n) is 4.45. The highest BCUT2D eigenvalue weighted by Crippen LogP contribution is 2.23. The Balaban J connectivity index is 2.11. The van der Waals surface area contributed by atoms with Gasteiger partial charge in [-0.25, -0.2) is 0 Å². The number of nitrogens with one attached hydrogen (secondary N) is 1. The molecule has 0 bridgehead atoms.